The molecule has 1 rings (SSSR count). The Morgan fingerprint density at radius 3 is 2.88 bits per heavy atom. The van der Waals surface area contributed by atoms with E-state index < -0.39 is 0 Å². The first-order valence-electron chi connectivity index (χ1n) is 2.03. The zero-order valence-corrected chi connectivity index (χ0v) is 4.88. The fraction of sp³-hybridized carbons (Fsp3) is 0. The van der Waals surface area contributed by atoms with Crippen molar-refractivity contribution >= 4 is 12.8 Å². The summed E-state index contributed by atoms with van der Waals surface area (Å²) < 4.78 is 1.11. The highest BCUT2D eigenvalue weighted by Gasteiger charge is 1.82. The van der Waals surface area contributed by atoms with Gasteiger partial charge in [-0.3, -0.25) is 0 Å². The average Bonchev–Trinajstić information content (AvgIpc) is 1.77. The van der Waals surface area contributed by atoms with E-state index in [-0.39, 0.29) is 5.69 Å². The van der Waals surface area contributed by atoms with Crippen LogP contribution in [-0.2, 0) is 0 Å². The van der Waals surface area contributed by atoms with Gasteiger partial charge in [0.2, 0.25) is 0 Å². The number of thiol groups is 1. The average molecular weight is 128 g/mol. The van der Waals surface area contributed by atoms with Gasteiger partial charge in [-0.15, -0.1) is 0 Å². The van der Waals surface area contributed by atoms with E-state index in [0.717, 1.165) is 3.97 Å². The summed E-state index contributed by atoms with van der Waals surface area (Å²) in [7, 11) is 0. The van der Waals surface area contributed by atoms with Gasteiger partial charge in [0.05, 0.1) is 0 Å². The molecule has 4 heteroatoms. The summed E-state index contributed by atoms with van der Waals surface area (Å²) in [4.78, 5) is 13.8. The van der Waals surface area contributed by atoms with E-state index in [1.54, 1.807) is 6.07 Å². The van der Waals surface area contributed by atoms with E-state index in [9.17, 15) is 4.79 Å². The maximum atomic E-state index is 10.4. The number of rotatable bonds is 0. The van der Waals surface area contributed by atoms with Crippen LogP contribution in [0.2, 0.25) is 0 Å². The molecule has 0 atom stereocenters. The van der Waals surface area contributed by atoms with Crippen molar-refractivity contribution in [3.05, 3.63) is 28.9 Å². The largest absolute Gasteiger partial charge is 0.357 e. The monoisotopic (exact) mass is 128 g/mol. The molecule has 0 radical (unpaired) electrons. The Hall–Kier alpha value is -0.770. The van der Waals surface area contributed by atoms with Crippen LogP contribution in [0.5, 0.6) is 0 Å². The zero-order chi connectivity index (χ0) is 5.98. The lowest BCUT2D eigenvalue weighted by Crippen LogP contribution is -2.13. The second-order valence-corrected chi connectivity index (χ2v) is 1.68. The molecule has 3 nitrogen and oxygen atoms in total. The van der Waals surface area contributed by atoms with Crippen molar-refractivity contribution in [2.75, 3.05) is 0 Å². The Labute approximate surface area is 51.5 Å². The fourth-order valence-electron chi connectivity index (χ4n) is 0.350. The number of hydrogen-bond acceptors (Lipinski definition) is 3. The van der Waals surface area contributed by atoms with Crippen molar-refractivity contribution in [3.8, 4) is 0 Å². The summed E-state index contributed by atoms with van der Waals surface area (Å²) in [5.41, 5.74) is -0.351. The van der Waals surface area contributed by atoms with Gasteiger partial charge in [0.25, 0.3) is 0 Å². The highest BCUT2D eigenvalue weighted by atomic mass is 32.1. The molecule has 0 aliphatic carbocycles. The van der Waals surface area contributed by atoms with Gasteiger partial charge in [-0.2, -0.15) is 0 Å². The van der Waals surface area contributed by atoms with E-state index in [0.29, 0.717) is 0 Å². The molecule has 1 aromatic heterocycles. The summed E-state index contributed by atoms with van der Waals surface area (Å²) in [6, 6.07) is 1.63. The Morgan fingerprint density at radius 1 is 1.75 bits per heavy atom. The topological polar surface area (TPSA) is 34.9 Å². The minimum absolute atomic E-state index is 0.351. The summed E-state index contributed by atoms with van der Waals surface area (Å²) in [6.45, 7) is 0. The van der Waals surface area contributed by atoms with E-state index in [4.69, 9.17) is 0 Å². The van der Waals surface area contributed by atoms with Crippen molar-refractivity contribution < 1.29 is 0 Å². The number of hydrogen-bond donors (Lipinski definition) is 1. The molecule has 0 N–H and O–H groups in total. The molecule has 0 aromatic carbocycles. The minimum atomic E-state index is -0.351. The first-order valence-corrected chi connectivity index (χ1v) is 2.43. The second kappa shape index (κ2) is 2.00. The summed E-state index contributed by atoms with van der Waals surface area (Å²) in [5.74, 6) is 0. The van der Waals surface area contributed by atoms with Gasteiger partial charge in [0, 0.05) is 12.4 Å². The molecule has 0 bridgehead atoms. The Bertz CT molecular complexity index is 231. The van der Waals surface area contributed by atoms with Gasteiger partial charge >= 0.3 is 5.69 Å². The maximum absolute atomic E-state index is 10.4. The molecule has 0 saturated carbocycles. The van der Waals surface area contributed by atoms with Crippen LogP contribution in [0.1, 0.15) is 0 Å². The molecule has 0 aliphatic rings. The molecule has 42 valence electrons. The molecule has 0 amide bonds. The van der Waals surface area contributed by atoms with Gasteiger partial charge in [-0.25, -0.2) is 13.8 Å². The molecule has 0 spiro atoms. The van der Waals surface area contributed by atoms with Crippen molar-refractivity contribution in [1.29, 1.82) is 0 Å². The highest BCUT2D eigenvalue weighted by molar-refractivity contribution is 7.78. The summed E-state index contributed by atoms with van der Waals surface area (Å²) in [6.07, 6.45) is 2.95. The smallest absolute Gasteiger partial charge is 0.245 e. The van der Waals surface area contributed by atoms with Crippen LogP contribution < -0.4 is 5.69 Å². The van der Waals surface area contributed by atoms with Gasteiger partial charge in [0.15, 0.2) is 0 Å². The van der Waals surface area contributed by atoms with E-state index in [2.05, 4.69) is 17.8 Å². The molecule has 0 unspecified atom stereocenters. The van der Waals surface area contributed by atoms with Crippen molar-refractivity contribution in [2.24, 2.45) is 0 Å². The Balaban J connectivity index is 3.35. The molecular weight excluding hydrogens is 124 g/mol. The van der Waals surface area contributed by atoms with E-state index in [1.165, 1.54) is 12.4 Å². The number of aromatic nitrogens is 2. The lowest BCUT2D eigenvalue weighted by Gasteiger charge is -1.86. The third-order valence-electron chi connectivity index (χ3n) is 0.694. The van der Waals surface area contributed by atoms with Crippen molar-refractivity contribution in [1.82, 2.24) is 8.96 Å². The van der Waals surface area contributed by atoms with Crippen LogP contribution in [0.4, 0.5) is 0 Å². The lowest BCUT2D eigenvalue weighted by atomic mass is 10.7. The first-order chi connectivity index (χ1) is 3.80. The fourth-order valence-corrected chi connectivity index (χ4v) is 0.478. The normalized spacial score (nSPS) is 9.12. The third-order valence-corrected chi connectivity index (χ3v) is 0.999. The van der Waals surface area contributed by atoms with Gasteiger partial charge < -0.3 is 0 Å². The van der Waals surface area contributed by atoms with E-state index >= 15 is 0 Å². The minimum Gasteiger partial charge on any atom is -0.245 e. The van der Waals surface area contributed by atoms with Crippen molar-refractivity contribution in [2.45, 2.75) is 0 Å². The van der Waals surface area contributed by atoms with Crippen molar-refractivity contribution in [3.63, 3.8) is 0 Å². The van der Waals surface area contributed by atoms with Gasteiger partial charge in [-0.1, -0.05) is 12.8 Å². The van der Waals surface area contributed by atoms with E-state index in [1.807, 2.05) is 0 Å². The molecule has 0 fully saturated rings. The highest BCUT2D eigenvalue weighted by Crippen LogP contribution is 1.76. The molecule has 8 heavy (non-hydrogen) atoms. The molecule has 1 aromatic rings. The quantitative estimate of drug-likeness (QED) is 0.496. The SMILES string of the molecule is O=c1ncccn1S. The first kappa shape index (κ1) is 5.37. The summed E-state index contributed by atoms with van der Waals surface area (Å²) >= 11 is 3.74. The molecule has 0 aliphatic heterocycles. The van der Waals surface area contributed by atoms with Gasteiger partial charge in [-0.05, 0) is 6.07 Å². The summed E-state index contributed by atoms with van der Waals surface area (Å²) in [5, 5.41) is 0. The Kier molecular flexibility index (Phi) is 1.34. The van der Waals surface area contributed by atoms with Crippen LogP contribution in [0.25, 0.3) is 0 Å². The third kappa shape index (κ3) is 0.894. The van der Waals surface area contributed by atoms with Crippen LogP contribution in [-0.4, -0.2) is 8.96 Å². The van der Waals surface area contributed by atoms with Gasteiger partial charge in [0.1, 0.15) is 0 Å². The van der Waals surface area contributed by atoms with Crippen LogP contribution in [0.15, 0.2) is 23.3 Å². The van der Waals surface area contributed by atoms with Crippen LogP contribution in [0, 0.1) is 0 Å². The second-order valence-electron chi connectivity index (χ2n) is 1.25. The Morgan fingerprint density at radius 2 is 2.50 bits per heavy atom. The molecule has 1 heterocycles. The standard InChI is InChI=1S/C4H4N2OS/c7-4-5-2-1-3-6(4)8/h1-3,8H. The number of nitrogens with zero attached hydrogens (tertiary/aromatic N) is 2. The lowest BCUT2D eigenvalue weighted by molar-refractivity contribution is 1.03. The van der Waals surface area contributed by atoms with Crippen LogP contribution >= 0.6 is 12.8 Å². The van der Waals surface area contributed by atoms with Crippen LogP contribution in [0.3, 0.4) is 0 Å². The molecular formula is C4H4N2OS. The maximum Gasteiger partial charge on any atom is 0.357 e. The predicted octanol–water partition coefficient (Wildman–Crippen LogP) is -0.0638. The molecule has 0 saturated heterocycles. The zero-order valence-electron chi connectivity index (χ0n) is 3.98. The predicted molar refractivity (Wildman–Crippen MR) is 32.9 cm³/mol.